The summed E-state index contributed by atoms with van der Waals surface area (Å²) in [5.41, 5.74) is 3.89. The van der Waals surface area contributed by atoms with E-state index in [0.717, 1.165) is 39.4 Å². The number of aliphatic hydroxyl groups excluding tert-OH is 1. The van der Waals surface area contributed by atoms with Crippen molar-refractivity contribution in [3.05, 3.63) is 52.4 Å². The SMILES string of the molecule is CCn1nc(C)c(Cl)c1Cn1ccc2ccc(CO)cc21. The van der Waals surface area contributed by atoms with Crippen LogP contribution in [0.5, 0.6) is 0 Å². The lowest BCUT2D eigenvalue weighted by Crippen LogP contribution is -2.07. The first kappa shape index (κ1) is 14.2. The molecule has 0 aliphatic rings. The Morgan fingerprint density at radius 3 is 2.81 bits per heavy atom. The van der Waals surface area contributed by atoms with Crippen molar-refractivity contribution >= 4 is 22.5 Å². The third-order valence-corrected chi connectivity index (χ3v) is 4.29. The Labute approximate surface area is 128 Å². The highest BCUT2D eigenvalue weighted by Crippen LogP contribution is 2.24. The number of aryl methyl sites for hydroxylation is 2. The summed E-state index contributed by atoms with van der Waals surface area (Å²) >= 11 is 6.38. The fraction of sp³-hybridized carbons (Fsp3) is 0.312. The summed E-state index contributed by atoms with van der Waals surface area (Å²) in [6.07, 6.45) is 2.05. The Kier molecular flexibility index (Phi) is 3.74. The highest BCUT2D eigenvalue weighted by Gasteiger charge is 2.14. The Balaban J connectivity index is 2.06. The highest BCUT2D eigenvalue weighted by atomic mass is 35.5. The molecule has 0 radical (unpaired) electrons. The van der Waals surface area contributed by atoms with Crippen LogP contribution in [0.25, 0.3) is 10.9 Å². The zero-order chi connectivity index (χ0) is 15.0. The van der Waals surface area contributed by atoms with Gasteiger partial charge in [0, 0.05) is 18.3 Å². The molecule has 21 heavy (non-hydrogen) atoms. The Bertz CT molecular complexity index is 788. The molecule has 2 heterocycles. The van der Waals surface area contributed by atoms with Crippen molar-refractivity contribution in [2.24, 2.45) is 0 Å². The molecule has 0 fully saturated rings. The smallest absolute Gasteiger partial charge is 0.0865 e. The van der Waals surface area contributed by atoms with Crippen LogP contribution in [0.1, 0.15) is 23.9 Å². The molecule has 0 spiro atoms. The van der Waals surface area contributed by atoms with Gasteiger partial charge in [-0.25, -0.2) is 0 Å². The normalized spacial score (nSPS) is 11.4. The van der Waals surface area contributed by atoms with Crippen LogP contribution in [0.2, 0.25) is 5.02 Å². The lowest BCUT2D eigenvalue weighted by Gasteiger charge is -2.09. The predicted octanol–water partition coefficient (Wildman–Crippen LogP) is 3.36. The number of hydrogen-bond acceptors (Lipinski definition) is 2. The third kappa shape index (κ3) is 2.45. The van der Waals surface area contributed by atoms with Crippen LogP contribution in [-0.2, 0) is 19.7 Å². The van der Waals surface area contributed by atoms with Crippen LogP contribution in [0.15, 0.2) is 30.5 Å². The number of nitrogens with zero attached hydrogens (tertiary/aromatic N) is 3. The lowest BCUT2D eigenvalue weighted by atomic mass is 10.2. The maximum absolute atomic E-state index is 9.30. The van der Waals surface area contributed by atoms with Crippen LogP contribution >= 0.6 is 11.6 Å². The predicted molar refractivity (Wildman–Crippen MR) is 84.6 cm³/mol. The van der Waals surface area contributed by atoms with E-state index in [9.17, 15) is 5.11 Å². The average Bonchev–Trinajstić information content (AvgIpc) is 3.02. The van der Waals surface area contributed by atoms with Crippen molar-refractivity contribution in [1.82, 2.24) is 14.3 Å². The Hall–Kier alpha value is -1.78. The van der Waals surface area contributed by atoms with Gasteiger partial charge in [-0.15, -0.1) is 0 Å². The summed E-state index contributed by atoms with van der Waals surface area (Å²) in [5, 5.41) is 15.6. The van der Waals surface area contributed by atoms with Gasteiger partial charge in [0.2, 0.25) is 0 Å². The van der Waals surface area contributed by atoms with Crippen LogP contribution in [0, 0.1) is 6.92 Å². The van der Waals surface area contributed by atoms with E-state index in [2.05, 4.69) is 22.7 Å². The van der Waals surface area contributed by atoms with Crippen LogP contribution < -0.4 is 0 Å². The first-order valence-corrected chi connectivity index (χ1v) is 7.42. The number of halogens is 1. The molecular formula is C16H18ClN3O. The van der Waals surface area contributed by atoms with Gasteiger partial charge in [0.1, 0.15) is 0 Å². The summed E-state index contributed by atoms with van der Waals surface area (Å²) in [5.74, 6) is 0. The molecule has 0 aliphatic carbocycles. The van der Waals surface area contributed by atoms with E-state index in [1.807, 2.05) is 36.0 Å². The van der Waals surface area contributed by atoms with Gasteiger partial charge < -0.3 is 9.67 Å². The number of fused-ring (bicyclic) bond motifs is 1. The van der Waals surface area contributed by atoms with E-state index in [0.29, 0.717) is 6.54 Å². The second kappa shape index (κ2) is 5.54. The highest BCUT2D eigenvalue weighted by molar-refractivity contribution is 6.31. The zero-order valence-electron chi connectivity index (χ0n) is 12.2. The molecule has 0 saturated heterocycles. The summed E-state index contributed by atoms with van der Waals surface area (Å²) in [7, 11) is 0. The van der Waals surface area contributed by atoms with Gasteiger partial charge in [-0.3, -0.25) is 4.68 Å². The summed E-state index contributed by atoms with van der Waals surface area (Å²) in [6, 6.07) is 8.06. The van der Waals surface area contributed by atoms with Gasteiger partial charge in [-0.05, 0) is 36.9 Å². The quantitative estimate of drug-likeness (QED) is 0.803. The molecule has 0 saturated carbocycles. The van der Waals surface area contributed by atoms with Crippen LogP contribution in [-0.4, -0.2) is 19.5 Å². The monoisotopic (exact) mass is 303 g/mol. The lowest BCUT2D eigenvalue weighted by molar-refractivity contribution is 0.282. The van der Waals surface area contributed by atoms with Gasteiger partial charge in [0.25, 0.3) is 0 Å². The maximum Gasteiger partial charge on any atom is 0.0865 e. The first-order valence-electron chi connectivity index (χ1n) is 7.04. The second-order valence-corrected chi connectivity index (χ2v) is 5.53. The fourth-order valence-corrected chi connectivity index (χ4v) is 2.84. The molecule has 2 aromatic heterocycles. The van der Waals surface area contributed by atoms with Gasteiger partial charge in [0.05, 0.1) is 29.6 Å². The van der Waals surface area contributed by atoms with Crippen molar-refractivity contribution in [2.45, 2.75) is 33.5 Å². The van der Waals surface area contributed by atoms with Crippen LogP contribution in [0.3, 0.4) is 0 Å². The molecule has 110 valence electrons. The zero-order valence-corrected chi connectivity index (χ0v) is 12.9. The van der Waals surface area contributed by atoms with E-state index in [1.165, 1.54) is 0 Å². The number of aliphatic hydroxyl groups is 1. The third-order valence-electron chi connectivity index (χ3n) is 3.79. The Morgan fingerprint density at radius 1 is 1.29 bits per heavy atom. The molecule has 1 aromatic carbocycles. The second-order valence-electron chi connectivity index (χ2n) is 5.16. The molecular weight excluding hydrogens is 286 g/mol. The molecule has 0 aliphatic heterocycles. The molecule has 4 nitrogen and oxygen atoms in total. The summed E-state index contributed by atoms with van der Waals surface area (Å²) in [6.45, 7) is 5.50. The van der Waals surface area contributed by atoms with Crippen molar-refractivity contribution in [2.75, 3.05) is 0 Å². The number of hydrogen-bond donors (Lipinski definition) is 1. The van der Waals surface area contributed by atoms with E-state index < -0.39 is 0 Å². The van der Waals surface area contributed by atoms with Gasteiger partial charge >= 0.3 is 0 Å². The molecule has 5 heteroatoms. The molecule has 0 unspecified atom stereocenters. The minimum absolute atomic E-state index is 0.0495. The van der Waals surface area contributed by atoms with E-state index in [-0.39, 0.29) is 6.61 Å². The van der Waals surface area contributed by atoms with Gasteiger partial charge in [0.15, 0.2) is 0 Å². The molecule has 0 amide bonds. The molecule has 0 atom stereocenters. The molecule has 3 aromatic rings. The van der Waals surface area contributed by atoms with E-state index in [4.69, 9.17) is 11.6 Å². The summed E-state index contributed by atoms with van der Waals surface area (Å²) in [4.78, 5) is 0. The van der Waals surface area contributed by atoms with E-state index in [1.54, 1.807) is 0 Å². The topological polar surface area (TPSA) is 43.0 Å². The van der Waals surface area contributed by atoms with Crippen molar-refractivity contribution in [3.63, 3.8) is 0 Å². The van der Waals surface area contributed by atoms with Gasteiger partial charge in [-0.2, -0.15) is 5.10 Å². The number of rotatable bonds is 4. The van der Waals surface area contributed by atoms with E-state index >= 15 is 0 Å². The largest absolute Gasteiger partial charge is 0.392 e. The van der Waals surface area contributed by atoms with Crippen LogP contribution in [0.4, 0.5) is 0 Å². The average molecular weight is 304 g/mol. The number of aromatic nitrogens is 3. The minimum atomic E-state index is 0.0495. The Morgan fingerprint density at radius 2 is 2.10 bits per heavy atom. The first-order chi connectivity index (χ1) is 10.1. The molecule has 3 rings (SSSR count). The maximum atomic E-state index is 9.30. The minimum Gasteiger partial charge on any atom is -0.392 e. The molecule has 0 bridgehead atoms. The molecule has 1 N–H and O–H groups in total. The fourth-order valence-electron chi connectivity index (χ4n) is 2.65. The van der Waals surface area contributed by atoms with Crippen molar-refractivity contribution in [1.29, 1.82) is 0 Å². The van der Waals surface area contributed by atoms with Crippen molar-refractivity contribution in [3.8, 4) is 0 Å². The number of benzene rings is 1. The standard InChI is InChI=1S/C16H18ClN3O/c1-3-20-15(16(17)11(2)18-20)9-19-7-6-13-5-4-12(10-21)8-14(13)19/h4-8,21H,3,9-10H2,1-2H3. The van der Waals surface area contributed by atoms with Crippen molar-refractivity contribution < 1.29 is 5.11 Å². The summed E-state index contributed by atoms with van der Waals surface area (Å²) < 4.78 is 4.09. The van der Waals surface area contributed by atoms with Gasteiger partial charge in [-0.1, -0.05) is 23.7 Å².